The van der Waals surface area contributed by atoms with Crippen molar-refractivity contribution in [3.8, 4) is 0 Å². The molecular weight excluding hydrogens is 270 g/mol. The summed E-state index contributed by atoms with van der Waals surface area (Å²) in [5.41, 5.74) is 0. The van der Waals surface area contributed by atoms with E-state index in [-0.39, 0.29) is 24.2 Å². The van der Waals surface area contributed by atoms with Crippen LogP contribution in [0.1, 0.15) is 29.2 Å². The lowest BCUT2D eigenvalue weighted by Crippen LogP contribution is -2.53. The molecule has 114 valence electrons. The van der Waals surface area contributed by atoms with Gasteiger partial charge in [-0.1, -0.05) is 6.08 Å². The van der Waals surface area contributed by atoms with Gasteiger partial charge in [-0.25, -0.2) is 0 Å². The molecule has 1 aliphatic heterocycles. The topological polar surface area (TPSA) is 51.9 Å². The van der Waals surface area contributed by atoms with Gasteiger partial charge in [-0.2, -0.15) is 0 Å². The lowest BCUT2D eigenvalue weighted by atomic mass is 10.1. The van der Waals surface area contributed by atoms with Crippen LogP contribution in [0.5, 0.6) is 0 Å². The van der Waals surface area contributed by atoms with Crippen molar-refractivity contribution in [3.05, 3.63) is 36.3 Å². The summed E-state index contributed by atoms with van der Waals surface area (Å²) >= 11 is 0. The van der Waals surface area contributed by atoms with Crippen LogP contribution in [0.25, 0.3) is 0 Å². The molecule has 1 aromatic rings. The fourth-order valence-corrected chi connectivity index (χ4v) is 3.23. The van der Waals surface area contributed by atoms with Gasteiger partial charge in [-0.3, -0.25) is 4.79 Å². The Morgan fingerprint density at radius 2 is 2.38 bits per heavy atom. The first-order chi connectivity index (χ1) is 10.2. The van der Waals surface area contributed by atoms with Crippen molar-refractivity contribution in [2.45, 2.75) is 38.0 Å². The number of amides is 1. The summed E-state index contributed by atoms with van der Waals surface area (Å²) in [6.45, 7) is 7.17. The smallest absolute Gasteiger partial charge is 0.289 e. The third kappa shape index (κ3) is 2.76. The molecule has 0 spiro atoms. The maximum Gasteiger partial charge on any atom is 0.289 e. The van der Waals surface area contributed by atoms with Gasteiger partial charge in [0.15, 0.2) is 5.76 Å². The number of ether oxygens (including phenoxy) is 2. The van der Waals surface area contributed by atoms with Crippen LogP contribution in [-0.2, 0) is 9.47 Å². The van der Waals surface area contributed by atoms with E-state index < -0.39 is 0 Å². The van der Waals surface area contributed by atoms with E-state index >= 15 is 0 Å². The van der Waals surface area contributed by atoms with Crippen molar-refractivity contribution in [3.63, 3.8) is 0 Å². The minimum Gasteiger partial charge on any atom is -0.456 e. The van der Waals surface area contributed by atoms with E-state index in [4.69, 9.17) is 13.9 Å². The Bertz CT molecular complexity index is 524. The van der Waals surface area contributed by atoms with Crippen molar-refractivity contribution in [2.24, 2.45) is 0 Å². The number of morpholine rings is 1. The van der Waals surface area contributed by atoms with E-state index in [0.29, 0.717) is 25.5 Å². The summed E-state index contributed by atoms with van der Waals surface area (Å²) < 4.78 is 17.1. The number of carbonyl (C=O) groups is 1. The van der Waals surface area contributed by atoms with Crippen LogP contribution >= 0.6 is 0 Å². The van der Waals surface area contributed by atoms with E-state index in [9.17, 15) is 4.79 Å². The third-order valence-corrected chi connectivity index (χ3v) is 4.18. The Labute approximate surface area is 124 Å². The van der Waals surface area contributed by atoms with Crippen LogP contribution in [0, 0.1) is 6.92 Å². The highest BCUT2D eigenvalue weighted by Gasteiger charge is 2.45. The molecule has 0 unspecified atom stereocenters. The first-order valence-electron chi connectivity index (χ1n) is 7.42. The zero-order chi connectivity index (χ0) is 14.8. The number of nitrogens with zero attached hydrogens (tertiary/aromatic N) is 1. The van der Waals surface area contributed by atoms with Crippen molar-refractivity contribution in [1.82, 2.24) is 4.90 Å². The van der Waals surface area contributed by atoms with Gasteiger partial charge in [0, 0.05) is 6.54 Å². The minimum atomic E-state index is -0.0502. The van der Waals surface area contributed by atoms with Crippen molar-refractivity contribution >= 4 is 5.91 Å². The quantitative estimate of drug-likeness (QED) is 0.798. The normalized spacial score (nSPS) is 28.4. The number of hydrogen-bond donors (Lipinski definition) is 0. The van der Waals surface area contributed by atoms with E-state index in [1.807, 2.05) is 17.9 Å². The van der Waals surface area contributed by atoms with Crippen molar-refractivity contribution < 1.29 is 18.7 Å². The van der Waals surface area contributed by atoms with Crippen LogP contribution in [0.4, 0.5) is 0 Å². The summed E-state index contributed by atoms with van der Waals surface area (Å²) in [5, 5.41) is 0. The highest BCUT2D eigenvalue weighted by molar-refractivity contribution is 5.92. The summed E-state index contributed by atoms with van der Waals surface area (Å²) in [5.74, 6) is 1.11. The maximum atomic E-state index is 12.6. The molecule has 5 heteroatoms. The SMILES string of the molecule is C=CCO[C@@H]1CC[C@H]2[C@H]1OCCN2C(=O)c1ccc(C)o1. The molecule has 1 aromatic heterocycles. The zero-order valence-corrected chi connectivity index (χ0v) is 12.3. The molecule has 1 saturated heterocycles. The lowest BCUT2D eigenvalue weighted by Gasteiger charge is -2.38. The summed E-state index contributed by atoms with van der Waals surface area (Å²) in [6, 6.07) is 3.63. The molecule has 5 nitrogen and oxygen atoms in total. The molecule has 2 aliphatic rings. The van der Waals surface area contributed by atoms with Crippen LogP contribution < -0.4 is 0 Å². The fraction of sp³-hybridized carbons (Fsp3) is 0.562. The van der Waals surface area contributed by atoms with Gasteiger partial charge in [0.2, 0.25) is 0 Å². The average molecular weight is 291 g/mol. The van der Waals surface area contributed by atoms with Crippen molar-refractivity contribution in [1.29, 1.82) is 0 Å². The minimum absolute atomic E-state index is 0.0429. The number of aryl methyl sites for hydroxylation is 1. The largest absolute Gasteiger partial charge is 0.456 e. The molecule has 0 radical (unpaired) electrons. The number of fused-ring (bicyclic) bond motifs is 1. The van der Waals surface area contributed by atoms with Gasteiger partial charge in [0.25, 0.3) is 5.91 Å². The van der Waals surface area contributed by atoms with Gasteiger partial charge >= 0.3 is 0 Å². The van der Waals surface area contributed by atoms with E-state index in [1.165, 1.54) is 0 Å². The van der Waals surface area contributed by atoms with E-state index in [0.717, 1.165) is 18.6 Å². The van der Waals surface area contributed by atoms with Crippen LogP contribution in [0.2, 0.25) is 0 Å². The fourth-order valence-electron chi connectivity index (χ4n) is 3.23. The third-order valence-electron chi connectivity index (χ3n) is 4.18. The number of carbonyl (C=O) groups excluding carboxylic acids is 1. The molecule has 1 aliphatic carbocycles. The molecule has 3 rings (SSSR count). The molecule has 21 heavy (non-hydrogen) atoms. The Morgan fingerprint density at radius 3 is 3.10 bits per heavy atom. The molecule has 2 fully saturated rings. The van der Waals surface area contributed by atoms with Crippen molar-refractivity contribution in [2.75, 3.05) is 19.8 Å². The highest BCUT2D eigenvalue weighted by Crippen LogP contribution is 2.33. The Morgan fingerprint density at radius 1 is 1.52 bits per heavy atom. The summed E-state index contributed by atoms with van der Waals surface area (Å²) in [4.78, 5) is 14.5. The highest BCUT2D eigenvalue weighted by atomic mass is 16.5. The van der Waals surface area contributed by atoms with E-state index in [1.54, 1.807) is 12.1 Å². The molecule has 0 bridgehead atoms. The number of furan rings is 1. The first kappa shape index (κ1) is 14.4. The Balaban J connectivity index is 1.72. The molecule has 2 heterocycles. The first-order valence-corrected chi connectivity index (χ1v) is 7.42. The Hall–Kier alpha value is -1.59. The van der Waals surface area contributed by atoms with Crippen LogP contribution in [0.15, 0.2) is 29.2 Å². The van der Waals surface area contributed by atoms with Gasteiger partial charge in [-0.15, -0.1) is 6.58 Å². The second kappa shape index (κ2) is 6.03. The lowest BCUT2D eigenvalue weighted by molar-refractivity contribution is -0.100. The molecule has 1 amide bonds. The monoisotopic (exact) mass is 291 g/mol. The van der Waals surface area contributed by atoms with Crippen LogP contribution in [0.3, 0.4) is 0 Å². The summed E-state index contributed by atoms with van der Waals surface area (Å²) in [7, 11) is 0. The number of hydrogen-bond acceptors (Lipinski definition) is 4. The molecular formula is C16H21NO4. The predicted molar refractivity (Wildman–Crippen MR) is 77.2 cm³/mol. The molecule has 1 saturated carbocycles. The summed E-state index contributed by atoms with van der Waals surface area (Å²) in [6.07, 6.45) is 3.55. The number of rotatable bonds is 4. The van der Waals surface area contributed by atoms with Gasteiger partial charge < -0.3 is 18.8 Å². The van der Waals surface area contributed by atoms with Gasteiger partial charge in [0.1, 0.15) is 11.9 Å². The maximum absolute atomic E-state index is 12.6. The molecule has 3 atom stereocenters. The molecule has 0 aromatic carbocycles. The molecule has 0 N–H and O–H groups in total. The second-order valence-electron chi connectivity index (χ2n) is 5.55. The average Bonchev–Trinajstić information content (AvgIpc) is 3.10. The second-order valence-corrected chi connectivity index (χ2v) is 5.55. The van der Waals surface area contributed by atoms with Gasteiger partial charge in [-0.05, 0) is 31.9 Å². The van der Waals surface area contributed by atoms with Gasteiger partial charge in [0.05, 0.1) is 25.4 Å². The standard InChI is InChI=1S/C16H21NO4/c1-3-9-19-13-7-5-12-15(13)20-10-8-17(12)16(18)14-6-4-11(2)21-14/h3-4,6,12-13,15H,1,5,7-10H2,2H3/t12-,13+,15+/m0/s1. The van der Waals surface area contributed by atoms with Crippen LogP contribution in [-0.4, -0.2) is 48.8 Å². The van der Waals surface area contributed by atoms with E-state index in [2.05, 4.69) is 6.58 Å². The zero-order valence-electron chi connectivity index (χ0n) is 12.3. The Kier molecular flexibility index (Phi) is 4.12. The predicted octanol–water partition coefficient (Wildman–Crippen LogP) is 2.16.